The average Bonchev–Trinajstić information content (AvgIpc) is 2.98. The SMILES string of the molecule is Fc1cc(CCP(I)(c2ccccc2)(c2ccccc2)c2ccccc2)c(OCc2ccccc2)cc1F. The van der Waals surface area contributed by atoms with E-state index < -0.39 is 15.9 Å². The number of hydrogen-bond donors (Lipinski definition) is 0. The Labute approximate surface area is 235 Å². The second-order valence-corrected chi connectivity index (χ2v) is 20.1. The number of aryl methyl sites for hydroxylation is 1. The molecule has 0 spiro atoms. The molecule has 0 aliphatic carbocycles. The van der Waals surface area contributed by atoms with E-state index in [2.05, 4.69) is 94.8 Å². The molecule has 0 aliphatic heterocycles. The van der Waals surface area contributed by atoms with Crippen LogP contribution in [0, 0.1) is 11.6 Å². The van der Waals surface area contributed by atoms with Crippen molar-refractivity contribution in [3.63, 3.8) is 0 Å². The summed E-state index contributed by atoms with van der Waals surface area (Å²) in [6.45, 7) is 0.281. The summed E-state index contributed by atoms with van der Waals surface area (Å²) in [5, 5.41) is 3.72. The fourth-order valence-electron chi connectivity index (χ4n) is 5.02. The molecule has 5 aromatic carbocycles. The Morgan fingerprint density at radius 2 is 1.00 bits per heavy atom. The van der Waals surface area contributed by atoms with Gasteiger partial charge in [-0.05, 0) is 0 Å². The number of hydrogen-bond acceptors (Lipinski definition) is 1. The van der Waals surface area contributed by atoms with Crippen LogP contribution in [-0.2, 0) is 13.0 Å². The van der Waals surface area contributed by atoms with Gasteiger partial charge in [0.25, 0.3) is 0 Å². The zero-order valence-corrected chi connectivity index (χ0v) is 23.9. The summed E-state index contributed by atoms with van der Waals surface area (Å²) < 4.78 is 32.0. The topological polar surface area (TPSA) is 9.23 Å². The molecule has 0 aromatic heterocycles. The fourth-order valence-corrected chi connectivity index (χ4v) is 13.3. The van der Waals surface area contributed by atoms with Gasteiger partial charge < -0.3 is 0 Å². The van der Waals surface area contributed by atoms with Crippen LogP contribution in [-0.4, -0.2) is 6.16 Å². The van der Waals surface area contributed by atoms with Gasteiger partial charge in [-0.15, -0.1) is 0 Å². The quantitative estimate of drug-likeness (QED) is 0.118. The Bertz CT molecular complexity index is 1400. The van der Waals surface area contributed by atoms with E-state index in [1.54, 1.807) is 0 Å². The molecule has 0 radical (unpaired) electrons. The van der Waals surface area contributed by atoms with E-state index in [1.807, 2.05) is 48.5 Å². The summed E-state index contributed by atoms with van der Waals surface area (Å²) >= 11 is 2.71. The third kappa shape index (κ3) is 5.12. The van der Waals surface area contributed by atoms with E-state index in [0.29, 0.717) is 17.7 Å². The molecular weight excluding hydrogens is 608 g/mol. The molecule has 0 heterocycles. The van der Waals surface area contributed by atoms with Crippen LogP contribution >= 0.6 is 26.3 Å². The molecule has 0 unspecified atom stereocenters. The van der Waals surface area contributed by atoms with Crippen LogP contribution in [0.4, 0.5) is 8.78 Å². The summed E-state index contributed by atoms with van der Waals surface area (Å²) in [6.07, 6.45) is 1.23. The van der Waals surface area contributed by atoms with Gasteiger partial charge in [-0.1, -0.05) is 0 Å². The van der Waals surface area contributed by atoms with Gasteiger partial charge in [0.05, 0.1) is 0 Å². The molecule has 5 rings (SSSR count). The van der Waals surface area contributed by atoms with Crippen LogP contribution in [0.1, 0.15) is 11.1 Å². The van der Waals surface area contributed by atoms with Crippen LogP contribution in [0.25, 0.3) is 0 Å². The normalized spacial score (nSPS) is 12.4. The van der Waals surface area contributed by atoms with E-state index in [9.17, 15) is 8.78 Å². The minimum absolute atomic E-state index is 0.281. The Kier molecular flexibility index (Phi) is 7.92. The van der Waals surface area contributed by atoms with Crippen molar-refractivity contribution in [2.45, 2.75) is 13.0 Å². The average molecular weight is 636 g/mol. The van der Waals surface area contributed by atoms with Crippen molar-refractivity contribution in [3.05, 3.63) is 156 Å². The van der Waals surface area contributed by atoms with Crippen molar-refractivity contribution < 1.29 is 13.5 Å². The van der Waals surface area contributed by atoms with Gasteiger partial charge >= 0.3 is 237 Å². The zero-order valence-electron chi connectivity index (χ0n) is 20.8. The van der Waals surface area contributed by atoms with Gasteiger partial charge in [0.1, 0.15) is 0 Å². The summed E-state index contributed by atoms with van der Waals surface area (Å²) in [7, 11) is 0. The predicted octanol–water partition coefficient (Wildman–Crippen LogP) is 7.97. The summed E-state index contributed by atoms with van der Waals surface area (Å²) in [4.78, 5) is 0. The van der Waals surface area contributed by atoms with Gasteiger partial charge in [0.2, 0.25) is 0 Å². The molecule has 0 fully saturated rings. The van der Waals surface area contributed by atoms with Crippen molar-refractivity contribution in [2.75, 3.05) is 6.16 Å². The number of benzene rings is 5. The second kappa shape index (κ2) is 11.3. The molecular formula is C33H28F2IOP. The van der Waals surface area contributed by atoms with Crippen LogP contribution in [0.15, 0.2) is 133 Å². The van der Waals surface area contributed by atoms with Crippen molar-refractivity contribution >= 4 is 42.2 Å². The first kappa shape index (κ1) is 26.5. The van der Waals surface area contributed by atoms with Crippen LogP contribution in [0.2, 0.25) is 0 Å². The van der Waals surface area contributed by atoms with Crippen LogP contribution < -0.4 is 20.7 Å². The molecule has 192 valence electrons. The first-order chi connectivity index (χ1) is 18.5. The second-order valence-electron chi connectivity index (χ2n) is 9.31. The Morgan fingerprint density at radius 3 is 1.47 bits per heavy atom. The maximum atomic E-state index is 14.6. The van der Waals surface area contributed by atoms with Crippen molar-refractivity contribution in [1.29, 1.82) is 0 Å². The van der Waals surface area contributed by atoms with Gasteiger partial charge in [0.15, 0.2) is 0 Å². The number of rotatable bonds is 9. The fraction of sp³-hybridized carbons (Fsp3) is 0.0909. The van der Waals surface area contributed by atoms with Gasteiger partial charge in [-0.3, -0.25) is 0 Å². The molecule has 0 saturated carbocycles. The molecule has 0 bridgehead atoms. The first-order valence-corrected chi connectivity index (χ1v) is 17.7. The first-order valence-electron chi connectivity index (χ1n) is 12.5. The molecule has 0 amide bonds. The molecule has 0 aliphatic rings. The van der Waals surface area contributed by atoms with Gasteiger partial charge in [-0.25, -0.2) is 0 Å². The van der Waals surface area contributed by atoms with E-state index in [0.717, 1.165) is 11.7 Å². The van der Waals surface area contributed by atoms with E-state index in [-0.39, 0.29) is 6.61 Å². The standard InChI is InChI=1S/C33H28F2IOP/c34-31-23-27(33(24-32(31)35)37-25-26-13-5-1-6-14-26)21-22-38(36,28-15-7-2-8-16-28,29-17-9-3-10-18-29)30-19-11-4-12-20-30/h1-20,23-24H,21-22,25H2. The van der Waals surface area contributed by atoms with Crippen molar-refractivity contribution in [3.8, 4) is 5.75 Å². The summed E-state index contributed by atoms with van der Waals surface area (Å²) in [5.74, 6) is -1.39. The Morgan fingerprint density at radius 1 is 0.579 bits per heavy atom. The molecule has 0 N–H and O–H groups in total. The predicted molar refractivity (Wildman–Crippen MR) is 165 cm³/mol. The van der Waals surface area contributed by atoms with Gasteiger partial charge in [-0.2, -0.15) is 0 Å². The molecule has 0 saturated heterocycles. The molecule has 38 heavy (non-hydrogen) atoms. The summed E-state index contributed by atoms with van der Waals surface area (Å²) in [6, 6.07) is 43.9. The maximum absolute atomic E-state index is 14.6. The third-order valence-corrected chi connectivity index (χ3v) is 18.7. The third-order valence-electron chi connectivity index (χ3n) is 7.03. The van der Waals surface area contributed by atoms with E-state index in [4.69, 9.17) is 4.74 Å². The summed E-state index contributed by atoms with van der Waals surface area (Å²) in [5.41, 5.74) is 1.63. The zero-order chi connectivity index (χ0) is 26.5. The van der Waals surface area contributed by atoms with E-state index in [1.165, 1.54) is 28.0 Å². The Hall–Kier alpha value is -3.08. The Balaban J connectivity index is 1.62. The monoisotopic (exact) mass is 636 g/mol. The van der Waals surface area contributed by atoms with E-state index >= 15 is 0 Å². The minimum atomic E-state index is -3.07. The molecule has 0 atom stereocenters. The van der Waals surface area contributed by atoms with Crippen LogP contribution in [0.3, 0.4) is 0 Å². The van der Waals surface area contributed by atoms with Crippen LogP contribution in [0.5, 0.6) is 5.75 Å². The van der Waals surface area contributed by atoms with Gasteiger partial charge in [0, 0.05) is 0 Å². The van der Waals surface area contributed by atoms with Crippen molar-refractivity contribution in [2.24, 2.45) is 0 Å². The molecule has 5 heteroatoms. The molecule has 1 nitrogen and oxygen atoms in total. The number of halogens is 3. The number of ether oxygens (including phenoxy) is 1. The molecule has 5 aromatic rings. The van der Waals surface area contributed by atoms with Crippen molar-refractivity contribution in [1.82, 2.24) is 0 Å².